The molecular weight excluding hydrogens is 350 g/mol. The fraction of sp³-hybridized carbons (Fsp3) is 0.235. The summed E-state index contributed by atoms with van der Waals surface area (Å²) in [6.07, 6.45) is 0. The van der Waals surface area contributed by atoms with E-state index in [2.05, 4.69) is 5.32 Å². The molecule has 0 radical (unpaired) electrons. The average Bonchev–Trinajstić information content (AvgIpc) is 2.55. The van der Waals surface area contributed by atoms with E-state index >= 15 is 0 Å². The monoisotopic (exact) mass is 367 g/mol. The number of rotatable bonds is 6. The number of carbonyl (C=O) groups excluding carboxylic acids is 1. The highest BCUT2D eigenvalue weighted by Crippen LogP contribution is 2.26. The van der Waals surface area contributed by atoms with Gasteiger partial charge in [-0.05, 0) is 37.3 Å². The second-order valence-corrected chi connectivity index (χ2v) is 8.02. The van der Waals surface area contributed by atoms with Crippen molar-refractivity contribution < 1.29 is 17.9 Å². The molecule has 0 aliphatic heterocycles. The van der Waals surface area contributed by atoms with Crippen LogP contribution in [0.3, 0.4) is 0 Å². The van der Waals surface area contributed by atoms with Crippen molar-refractivity contribution in [1.82, 2.24) is 0 Å². The van der Waals surface area contributed by atoms with Crippen LogP contribution < -0.4 is 10.1 Å². The molecule has 0 bridgehead atoms. The van der Waals surface area contributed by atoms with Crippen LogP contribution in [0.1, 0.15) is 12.5 Å². The summed E-state index contributed by atoms with van der Waals surface area (Å²) in [7, 11) is -2.28. The van der Waals surface area contributed by atoms with E-state index in [1.165, 1.54) is 20.1 Å². The molecule has 2 rings (SSSR count). The Balaban J connectivity index is 2.17. The standard InChI is InChI=1S/C17H18ClNO4S/c1-12(17(20)19-15-6-4-3-5-7-15)24(21,22)11-13-10-14(18)8-9-16(13)23-2/h3-10,12H,11H2,1-2H3,(H,19,20)/t12-/m0/s1. The van der Waals surface area contributed by atoms with Gasteiger partial charge in [0.2, 0.25) is 5.91 Å². The molecule has 0 saturated carbocycles. The zero-order valence-corrected chi connectivity index (χ0v) is 14.9. The second kappa shape index (κ2) is 7.68. The Bertz CT molecular complexity index is 822. The van der Waals surface area contributed by atoms with Gasteiger partial charge in [0.1, 0.15) is 11.0 Å². The summed E-state index contributed by atoms with van der Waals surface area (Å²) in [4.78, 5) is 12.2. The lowest BCUT2D eigenvalue weighted by atomic mass is 10.2. The van der Waals surface area contributed by atoms with Gasteiger partial charge in [0.05, 0.1) is 12.9 Å². The van der Waals surface area contributed by atoms with Crippen LogP contribution in [-0.4, -0.2) is 26.7 Å². The van der Waals surface area contributed by atoms with E-state index in [9.17, 15) is 13.2 Å². The highest BCUT2D eigenvalue weighted by Gasteiger charge is 2.29. The molecule has 0 aliphatic rings. The fourth-order valence-corrected chi connectivity index (χ4v) is 3.62. The van der Waals surface area contributed by atoms with E-state index in [-0.39, 0.29) is 5.75 Å². The van der Waals surface area contributed by atoms with Crippen LogP contribution >= 0.6 is 11.6 Å². The molecule has 2 aromatic rings. The molecule has 128 valence electrons. The molecular formula is C17H18ClNO4S. The molecule has 1 atom stereocenters. The number of carbonyl (C=O) groups is 1. The lowest BCUT2D eigenvalue weighted by Crippen LogP contribution is -2.33. The normalized spacial score (nSPS) is 12.5. The molecule has 0 aromatic heterocycles. The highest BCUT2D eigenvalue weighted by atomic mass is 35.5. The van der Waals surface area contributed by atoms with Crippen molar-refractivity contribution in [1.29, 1.82) is 0 Å². The summed E-state index contributed by atoms with van der Waals surface area (Å²) in [5.74, 6) is -0.499. The first-order chi connectivity index (χ1) is 11.3. The van der Waals surface area contributed by atoms with Gasteiger partial charge in [0.15, 0.2) is 9.84 Å². The molecule has 24 heavy (non-hydrogen) atoms. The molecule has 2 aromatic carbocycles. The van der Waals surface area contributed by atoms with Crippen LogP contribution in [0.2, 0.25) is 5.02 Å². The van der Waals surface area contributed by atoms with Crippen molar-refractivity contribution in [2.45, 2.75) is 17.9 Å². The summed E-state index contributed by atoms with van der Waals surface area (Å²) in [6, 6.07) is 13.4. The Kier molecular flexibility index (Phi) is 5.85. The van der Waals surface area contributed by atoms with Crippen molar-refractivity contribution in [2.24, 2.45) is 0 Å². The van der Waals surface area contributed by atoms with E-state index in [1.807, 2.05) is 0 Å². The van der Waals surface area contributed by atoms with Gasteiger partial charge in [0, 0.05) is 16.3 Å². The maximum Gasteiger partial charge on any atom is 0.242 e. The second-order valence-electron chi connectivity index (χ2n) is 5.26. The lowest BCUT2D eigenvalue weighted by molar-refractivity contribution is -0.115. The van der Waals surface area contributed by atoms with Gasteiger partial charge in [-0.25, -0.2) is 8.42 Å². The molecule has 0 saturated heterocycles. The Morgan fingerprint density at radius 2 is 1.88 bits per heavy atom. The minimum absolute atomic E-state index is 0.333. The van der Waals surface area contributed by atoms with Crippen LogP contribution in [0.15, 0.2) is 48.5 Å². The van der Waals surface area contributed by atoms with Gasteiger partial charge in [0.25, 0.3) is 0 Å². The number of nitrogens with one attached hydrogen (secondary N) is 1. The number of sulfone groups is 1. The number of ether oxygens (including phenoxy) is 1. The topological polar surface area (TPSA) is 72.5 Å². The van der Waals surface area contributed by atoms with E-state index < -0.39 is 21.0 Å². The lowest BCUT2D eigenvalue weighted by Gasteiger charge is -2.15. The predicted octanol–water partition coefficient (Wildman–Crippen LogP) is 3.29. The first kappa shape index (κ1) is 18.3. The van der Waals surface area contributed by atoms with E-state index in [0.29, 0.717) is 22.0 Å². The largest absolute Gasteiger partial charge is 0.496 e. The average molecular weight is 368 g/mol. The Labute approximate surface area is 146 Å². The quantitative estimate of drug-likeness (QED) is 0.850. The van der Waals surface area contributed by atoms with E-state index in [1.54, 1.807) is 42.5 Å². The fourth-order valence-electron chi connectivity index (χ4n) is 2.13. The van der Waals surface area contributed by atoms with Crippen molar-refractivity contribution in [3.63, 3.8) is 0 Å². The van der Waals surface area contributed by atoms with Crippen LogP contribution in [-0.2, 0) is 20.4 Å². The minimum atomic E-state index is -3.73. The summed E-state index contributed by atoms with van der Waals surface area (Å²) in [6.45, 7) is 1.37. The number of halogens is 1. The smallest absolute Gasteiger partial charge is 0.242 e. The molecule has 7 heteroatoms. The van der Waals surface area contributed by atoms with Crippen LogP contribution in [0.5, 0.6) is 5.75 Å². The van der Waals surface area contributed by atoms with Gasteiger partial charge in [-0.1, -0.05) is 29.8 Å². The highest BCUT2D eigenvalue weighted by molar-refractivity contribution is 7.92. The number of hydrogen-bond acceptors (Lipinski definition) is 4. The van der Waals surface area contributed by atoms with Gasteiger partial charge in [-0.2, -0.15) is 0 Å². The van der Waals surface area contributed by atoms with Crippen molar-refractivity contribution in [3.8, 4) is 5.75 Å². The third-order valence-corrected chi connectivity index (χ3v) is 5.79. The molecule has 0 aliphatic carbocycles. The Hall–Kier alpha value is -2.05. The molecule has 0 fully saturated rings. The molecule has 0 heterocycles. The molecule has 0 spiro atoms. The van der Waals surface area contributed by atoms with Crippen molar-refractivity contribution in [2.75, 3.05) is 12.4 Å². The van der Waals surface area contributed by atoms with Gasteiger partial charge >= 0.3 is 0 Å². The number of hydrogen-bond donors (Lipinski definition) is 1. The summed E-state index contributed by atoms with van der Waals surface area (Å²) in [5, 5.41) is 1.80. The number of amides is 1. The minimum Gasteiger partial charge on any atom is -0.496 e. The predicted molar refractivity (Wildman–Crippen MR) is 95.2 cm³/mol. The third kappa shape index (κ3) is 4.49. The third-order valence-electron chi connectivity index (χ3n) is 3.55. The van der Waals surface area contributed by atoms with Gasteiger partial charge in [-0.3, -0.25) is 4.79 Å². The van der Waals surface area contributed by atoms with Crippen molar-refractivity contribution >= 4 is 33.0 Å². The maximum atomic E-state index is 12.6. The van der Waals surface area contributed by atoms with Crippen LogP contribution in [0.4, 0.5) is 5.69 Å². The number of methoxy groups -OCH3 is 1. The first-order valence-electron chi connectivity index (χ1n) is 7.23. The van der Waals surface area contributed by atoms with Crippen LogP contribution in [0.25, 0.3) is 0 Å². The summed E-state index contributed by atoms with van der Waals surface area (Å²) >= 11 is 5.92. The summed E-state index contributed by atoms with van der Waals surface area (Å²) in [5.41, 5.74) is 0.967. The Morgan fingerprint density at radius 3 is 2.50 bits per heavy atom. The number of anilines is 1. The molecule has 5 nitrogen and oxygen atoms in total. The molecule has 1 N–H and O–H groups in total. The number of benzene rings is 2. The van der Waals surface area contributed by atoms with Crippen LogP contribution in [0, 0.1) is 0 Å². The van der Waals surface area contributed by atoms with Gasteiger partial charge in [-0.15, -0.1) is 0 Å². The Morgan fingerprint density at radius 1 is 1.21 bits per heavy atom. The molecule has 1 amide bonds. The van der Waals surface area contributed by atoms with E-state index in [0.717, 1.165) is 0 Å². The SMILES string of the molecule is COc1ccc(Cl)cc1CS(=O)(=O)[C@@H](C)C(=O)Nc1ccccc1. The maximum absolute atomic E-state index is 12.6. The number of para-hydroxylation sites is 1. The molecule has 0 unspecified atom stereocenters. The van der Waals surface area contributed by atoms with E-state index in [4.69, 9.17) is 16.3 Å². The zero-order chi connectivity index (χ0) is 17.7. The summed E-state index contributed by atoms with van der Waals surface area (Å²) < 4.78 is 30.3. The van der Waals surface area contributed by atoms with Crippen molar-refractivity contribution in [3.05, 3.63) is 59.1 Å². The van der Waals surface area contributed by atoms with Gasteiger partial charge < -0.3 is 10.1 Å². The zero-order valence-electron chi connectivity index (χ0n) is 13.3. The first-order valence-corrected chi connectivity index (χ1v) is 9.32.